The lowest BCUT2D eigenvalue weighted by atomic mass is 9.97. The molecule has 0 amide bonds. The molecule has 3 aliphatic carbocycles. The number of hydrogen-bond acceptors (Lipinski definition) is 1. The van der Waals surface area contributed by atoms with Gasteiger partial charge in [-0.3, -0.25) is 4.79 Å². The second kappa shape index (κ2) is 3.36. The van der Waals surface area contributed by atoms with Crippen molar-refractivity contribution in [2.75, 3.05) is 0 Å². The lowest BCUT2D eigenvalue weighted by Crippen LogP contribution is -2.14. The molecule has 0 heterocycles. The smallest absolute Gasteiger partial charge is 0.139 e. The predicted molar refractivity (Wildman–Crippen MR) is 55.9 cm³/mol. The van der Waals surface area contributed by atoms with Crippen molar-refractivity contribution in [1.82, 2.24) is 0 Å². The van der Waals surface area contributed by atoms with Crippen molar-refractivity contribution in [1.29, 1.82) is 0 Å². The first-order valence-electron chi connectivity index (χ1n) is 6.41. The van der Waals surface area contributed by atoms with E-state index in [0.29, 0.717) is 17.6 Å². The van der Waals surface area contributed by atoms with Crippen LogP contribution in [0.15, 0.2) is 0 Å². The van der Waals surface area contributed by atoms with Crippen LogP contribution in [0.3, 0.4) is 0 Å². The maximum Gasteiger partial charge on any atom is 0.139 e. The van der Waals surface area contributed by atoms with Gasteiger partial charge in [0.15, 0.2) is 0 Å². The lowest BCUT2D eigenvalue weighted by molar-refractivity contribution is -0.124. The van der Waals surface area contributed by atoms with Crippen LogP contribution in [0.4, 0.5) is 0 Å². The maximum atomic E-state index is 12.2. The molecule has 3 fully saturated rings. The van der Waals surface area contributed by atoms with E-state index in [4.69, 9.17) is 0 Å². The van der Waals surface area contributed by atoms with Gasteiger partial charge in [0.25, 0.3) is 0 Å². The molecular weight excluding hydrogens is 172 g/mol. The van der Waals surface area contributed by atoms with E-state index in [0.717, 1.165) is 11.8 Å². The summed E-state index contributed by atoms with van der Waals surface area (Å²) in [6.07, 6.45) is 10.5. The van der Waals surface area contributed by atoms with E-state index in [-0.39, 0.29) is 0 Å². The SMILES string of the molecule is O=C(C1CCCC1)C1C2CCCCC21. The Labute approximate surface area is 86.3 Å². The molecule has 0 aromatic rings. The summed E-state index contributed by atoms with van der Waals surface area (Å²) in [7, 11) is 0. The van der Waals surface area contributed by atoms with Gasteiger partial charge >= 0.3 is 0 Å². The molecule has 0 aromatic heterocycles. The minimum Gasteiger partial charge on any atom is -0.299 e. The Morgan fingerprint density at radius 3 is 1.86 bits per heavy atom. The number of ketones is 1. The molecule has 2 unspecified atom stereocenters. The van der Waals surface area contributed by atoms with Gasteiger partial charge in [-0.1, -0.05) is 25.7 Å². The molecule has 0 aromatic carbocycles. The molecule has 0 radical (unpaired) electrons. The van der Waals surface area contributed by atoms with E-state index in [1.165, 1.54) is 51.4 Å². The van der Waals surface area contributed by atoms with E-state index in [9.17, 15) is 4.79 Å². The monoisotopic (exact) mass is 192 g/mol. The van der Waals surface area contributed by atoms with Crippen molar-refractivity contribution in [3.63, 3.8) is 0 Å². The van der Waals surface area contributed by atoms with Crippen molar-refractivity contribution in [3.05, 3.63) is 0 Å². The van der Waals surface area contributed by atoms with Crippen LogP contribution in [-0.4, -0.2) is 5.78 Å². The van der Waals surface area contributed by atoms with Gasteiger partial charge in [-0.15, -0.1) is 0 Å². The molecule has 1 heteroatoms. The zero-order valence-corrected chi connectivity index (χ0v) is 8.87. The van der Waals surface area contributed by atoms with Gasteiger partial charge < -0.3 is 0 Å². The maximum absolute atomic E-state index is 12.2. The molecule has 14 heavy (non-hydrogen) atoms. The Hall–Kier alpha value is -0.330. The summed E-state index contributed by atoms with van der Waals surface area (Å²) in [6.45, 7) is 0. The fourth-order valence-corrected chi connectivity index (χ4v) is 3.90. The highest BCUT2D eigenvalue weighted by Gasteiger charge is 2.55. The van der Waals surface area contributed by atoms with E-state index in [2.05, 4.69) is 0 Å². The third-order valence-corrected chi connectivity index (χ3v) is 4.74. The number of fused-ring (bicyclic) bond motifs is 1. The molecule has 0 spiro atoms. The van der Waals surface area contributed by atoms with Crippen molar-refractivity contribution in [2.45, 2.75) is 51.4 Å². The number of carbonyl (C=O) groups is 1. The normalized spacial score (nSPS) is 42.1. The molecule has 78 valence electrons. The fourth-order valence-electron chi connectivity index (χ4n) is 3.90. The number of hydrogen-bond donors (Lipinski definition) is 0. The van der Waals surface area contributed by atoms with E-state index < -0.39 is 0 Å². The van der Waals surface area contributed by atoms with Crippen LogP contribution in [0.2, 0.25) is 0 Å². The van der Waals surface area contributed by atoms with Gasteiger partial charge in [-0.2, -0.15) is 0 Å². The quantitative estimate of drug-likeness (QED) is 0.656. The molecule has 2 atom stereocenters. The van der Waals surface area contributed by atoms with Crippen molar-refractivity contribution < 1.29 is 4.79 Å². The Kier molecular flexibility index (Phi) is 2.14. The lowest BCUT2D eigenvalue weighted by Gasteiger charge is -2.06. The van der Waals surface area contributed by atoms with Crippen LogP contribution in [0.5, 0.6) is 0 Å². The van der Waals surface area contributed by atoms with Crippen LogP contribution >= 0.6 is 0 Å². The van der Waals surface area contributed by atoms with Crippen molar-refractivity contribution in [3.8, 4) is 0 Å². The van der Waals surface area contributed by atoms with Crippen LogP contribution in [-0.2, 0) is 4.79 Å². The average Bonchev–Trinajstić information content (AvgIpc) is 2.70. The van der Waals surface area contributed by atoms with Gasteiger partial charge in [0.1, 0.15) is 5.78 Å². The van der Waals surface area contributed by atoms with Crippen LogP contribution in [0.1, 0.15) is 51.4 Å². The molecule has 0 bridgehead atoms. The number of rotatable bonds is 2. The van der Waals surface area contributed by atoms with Gasteiger partial charge in [-0.05, 0) is 37.5 Å². The van der Waals surface area contributed by atoms with Crippen LogP contribution in [0.25, 0.3) is 0 Å². The Morgan fingerprint density at radius 1 is 0.786 bits per heavy atom. The van der Waals surface area contributed by atoms with Crippen LogP contribution in [0, 0.1) is 23.7 Å². The minimum atomic E-state index is 0.477. The average molecular weight is 192 g/mol. The minimum absolute atomic E-state index is 0.477. The Balaban J connectivity index is 1.63. The summed E-state index contributed by atoms with van der Waals surface area (Å²) in [5.74, 6) is 3.33. The topological polar surface area (TPSA) is 17.1 Å². The summed E-state index contributed by atoms with van der Waals surface area (Å²) >= 11 is 0. The zero-order chi connectivity index (χ0) is 9.54. The fraction of sp³-hybridized carbons (Fsp3) is 0.923. The van der Waals surface area contributed by atoms with Gasteiger partial charge in [0, 0.05) is 11.8 Å². The second-order valence-electron chi connectivity index (χ2n) is 5.52. The van der Waals surface area contributed by atoms with Gasteiger partial charge in [0.05, 0.1) is 0 Å². The summed E-state index contributed by atoms with van der Waals surface area (Å²) < 4.78 is 0. The van der Waals surface area contributed by atoms with E-state index in [1.54, 1.807) is 0 Å². The predicted octanol–water partition coefficient (Wildman–Crippen LogP) is 3.18. The van der Waals surface area contributed by atoms with E-state index >= 15 is 0 Å². The summed E-state index contributed by atoms with van der Waals surface area (Å²) in [4.78, 5) is 12.2. The van der Waals surface area contributed by atoms with Gasteiger partial charge in [0.2, 0.25) is 0 Å². The molecule has 0 saturated heterocycles. The van der Waals surface area contributed by atoms with Crippen molar-refractivity contribution in [2.24, 2.45) is 23.7 Å². The summed E-state index contributed by atoms with van der Waals surface area (Å²) in [5.41, 5.74) is 0. The van der Waals surface area contributed by atoms with Crippen LogP contribution < -0.4 is 0 Å². The van der Waals surface area contributed by atoms with Gasteiger partial charge in [-0.25, -0.2) is 0 Å². The highest BCUT2D eigenvalue weighted by molar-refractivity contribution is 5.86. The standard InChI is InChI=1S/C13H20O/c14-13(9-5-1-2-6-9)12-10-7-3-4-8-11(10)12/h9-12H,1-8H2. The summed E-state index contributed by atoms with van der Waals surface area (Å²) in [6, 6.07) is 0. The zero-order valence-electron chi connectivity index (χ0n) is 8.87. The third-order valence-electron chi connectivity index (χ3n) is 4.74. The highest BCUT2D eigenvalue weighted by atomic mass is 16.1. The number of Topliss-reactive ketones (excluding diaryl/α,β-unsaturated/α-hetero) is 1. The first-order chi connectivity index (χ1) is 6.88. The Bertz CT molecular complexity index is 228. The summed E-state index contributed by atoms with van der Waals surface area (Å²) in [5, 5.41) is 0. The Morgan fingerprint density at radius 2 is 1.29 bits per heavy atom. The molecule has 0 aliphatic heterocycles. The molecule has 3 aliphatic rings. The largest absolute Gasteiger partial charge is 0.299 e. The highest BCUT2D eigenvalue weighted by Crippen LogP contribution is 2.57. The molecule has 0 N–H and O–H groups in total. The van der Waals surface area contributed by atoms with E-state index in [1.807, 2.05) is 0 Å². The molecule has 1 nitrogen and oxygen atoms in total. The molecular formula is C13H20O. The van der Waals surface area contributed by atoms with Crippen molar-refractivity contribution >= 4 is 5.78 Å². The second-order valence-corrected chi connectivity index (χ2v) is 5.52. The first kappa shape index (κ1) is 8.94. The molecule has 3 rings (SSSR count). The first-order valence-corrected chi connectivity index (χ1v) is 6.41. The third kappa shape index (κ3) is 1.32. The number of carbonyl (C=O) groups excluding carboxylic acids is 1. The molecule has 3 saturated carbocycles.